The topological polar surface area (TPSA) is 92.5 Å². The molecule has 1 saturated heterocycles. The van der Waals surface area contributed by atoms with Crippen molar-refractivity contribution in [2.45, 2.75) is 37.8 Å². The molecule has 21 heavy (non-hydrogen) atoms. The first kappa shape index (κ1) is 15.9. The number of non-ortho nitro benzene ring substituents is 1. The smallest absolute Gasteiger partial charge is 0.270 e. The molecule has 0 aliphatic carbocycles. The summed E-state index contributed by atoms with van der Waals surface area (Å²) < 4.78 is 26.9. The Kier molecular flexibility index (Phi) is 4.31. The maximum absolute atomic E-state index is 12.7. The number of sulfonamides is 1. The standard InChI is InChI=1S/C13H19N3O4S/c1-9-4-5-12(16(17)18)6-13(9)21(19,20)15-7-10(2)14-11(3)8-15/h4-6,10-11,14H,7-8H2,1-3H3. The molecule has 7 nitrogen and oxygen atoms in total. The van der Waals surface area contributed by atoms with Crippen molar-refractivity contribution in [3.63, 3.8) is 0 Å². The normalized spacial score (nSPS) is 24.0. The van der Waals surface area contributed by atoms with Crippen molar-refractivity contribution in [2.75, 3.05) is 13.1 Å². The minimum atomic E-state index is -3.73. The van der Waals surface area contributed by atoms with Crippen LogP contribution in [0.1, 0.15) is 19.4 Å². The van der Waals surface area contributed by atoms with Crippen LogP contribution in [0.3, 0.4) is 0 Å². The summed E-state index contributed by atoms with van der Waals surface area (Å²) in [7, 11) is -3.73. The Hall–Kier alpha value is -1.51. The van der Waals surface area contributed by atoms with Crippen molar-refractivity contribution in [2.24, 2.45) is 0 Å². The van der Waals surface area contributed by atoms with Crippen LogP contribution in [0.2, 0.25) is 0 Å². The van der Waals surface area contributed by atoms with Crippen molar-refractivity contribution in [1.29, 1.82) is 0 Å². The molecule has 0 saturated carbocycles. The lowest BCUT2D eigenvalue weighted by atomic mass is 10.2. The van der Waals surface area contributed by atoms with Crippen LogP contribution >= 0.6 is 0 Å². The first-order chi connectivity index (χ1) is 9.71. The first-order valence-electron chi connectivity index (χ1n) is 6.73. The molecule has 0 bridgehead atoms. The van der Waals surface area contributed by atoms with Crippen LogP contribution in [-0.2, 0) is 10.0 Å². The number of hydrogen-bond acceptors (Lipinski definition) is 5. The van der Waals surface area contributed by atoms with E-state index >= 15 is 0 Å². The van der Waals surface area contributed by atoms with Gasteiger partial charge < -0.3 is 5.32 Å². The predicted octanol–water partition coefficient (Wildman–Crippen LogP) is 1.27. The molecule has 1 aliphatic heterocycles. The van der Waals surface area contributed by atoms with Gasteiger partial charge in [0.05, 0.1) is 9.82 Å². The molecule has 0 aromatic heterocycles. The third-order valence-electron chi connectivity index (χ3n) is 3.52. The molecule has 1 heterocycles. The number of nitro groups is 1. The van der Waals surface area contributed by atoms with Gasteiger partial charge in [-0.1, -0.05) is 6.07 Å². The largest absolute Gasteiger partial charge is 0.309 e. The van der Waals surface area contributed by atoms with Crippen LogP contribution in [0.15, 0.2) is 23.1 Å². The van der Waals surface area contributed by atoms with Gasteiger partial charge >= 0.3 is 0 Å². The average Bonchev–Trinajstić information content (AvgIpc) is 2.37. The van der Waals surface area contributed by atoms with Crippen LogP contribution in [-0.4, -0.2) is 42.8 Å². The molecule has 1 aromatic rings. The molecule has 1 fully saturated rings. The highest BCUT2D eigenvalue weighted by atomic mass is 32.2. The number of nitrogens with one attached hydrogen (secondary N) is 1. The maximum Gasteiger partial charge on any atom is 0.270 e. The number of nitrogens with zero attached hydrogens (tertiary/aromatic N) is 2. The van der Waals surface area contributed by atoms with Crippen molar-refractivity contribution >= 4 is 15.7 Å². The zero-order valence-corrected chi connectivity index (χ0v) is 13.1. The number of piperazine rings is 1. The van der Waals surface area contributed by atoms with E-state index in [2.05, 4.69) is 5.32 Å². The van der Waals surface area contributed by atoms with Crippen LogP contribution in [0.4, 0.5) is 5.69 Å². The molecule has 1 aromatic carbocycles. The molecule has 2 rings (SSSR count). The number of aryl methyl sites for hydroxylation is 1. The molecule has 0 amide bonds. The summed E-state index contributed by atoms with van der Waals surface area (Å²) in [5, 5.41) is 14.1. The fourth-order valence-corrected chi connectivity index (χ4v) is 4.45. The van der Waals surface area contributed by atoms with Gasteiger partial charge in [0.2, 0.25) is 10.0 Å². The second-order valence-corrected chi connectivity index (χ2v) is 7.40. The fraction of sp³-hybridized carbons (Fsp3) is 0.538. The predicted molar refractivity (Wildman–Crippen MR) is 78.7 cm³/mol. The van der Waals surface area contributed by atoms with E-state index in [9.17, 15) is 18.5 Å². The molecule has 0 radical (unpaired) electrons. The Bertz CT molecular complexity index is 649. The van der Waals surface area contributed by atoms with Gasteiger partial charge in [-0.3, -0.25) is 10.1 Å². The summed E-state index contributed by atoms with van der Waals surface area (Å²) in [6.07, 6.45) is 0. The Morgan fingerprint density at radius 2 is 1.86 bits per heavy atom. The van der Waals surface area contributed by atoms with Crippen LogP contribution < -0.4 is 5.32 Å². The maximum atomic E-state index is 12.7. The van der Waals surface area contributed by atoms with Crippen molar-refractivity contribution in [1.82, 2.24) is 9.62 Å². The highest BCUT2D eigenvalue weighted by Gasteiger charge is 2.33. The van der Waals surface area contributed by atoms with Gasteiger partial charge in [-0.25, -0.2) is 8.42 Å². The van der Waals surface area contributed by atoms with E-state index in [-0.39, 0.29) is 22.7 Å². The van der Waals surface area contributed by atoms with Gasteiger partial charge in [0.1, 0.15) is 0 Å². The van der Waals surface area contributed by atoms with E-state index in [4.69, 9.17) is 0 Å². The number of hydrogen-bond donors (Lipinski definition) is 1. The molecule has 2 unspecified atom stereocenters. The SMILES string of the molecule is Cc1ccc([N+](=O)[O-])cc1S(=O)(=O)N1CC(C)NC(C)C1. The Morgan fingerprint density at radius 1 is 1.29 bits per heavy atom. The summed E-state index contributed by atoms with van der Waals surface area (Å²) >= 11 is 0. The molecule has 1 aliphatic rings. The zero-order chi connectivity index (χ0) is 15.8. The molecule has 0 spiro atoms. The van der Waals surface area contributed by atoms with Crippen LogP contribution in [0.5, 0.6) is 0 Å². The van der Waals surface area contributed by atoms with E-state index in [1.54, 1.807) is 6.92 Å². The fourth-order valence-electron chi connectivity index (χ4n) is 2.59. The van der Waals surface area contributed by atoms with E-state index in [1.165, 1.54) is 16.4 Å². The molecule has 8 heteroatoms. The molecular formula is C13H19N3O4S. The molecule has 1 N–H and O–H groups in total. The van der Waals surface area contributed by atoms with Crippen molar-refractivity contribution < 1.29 is 13.3 Å². The Balaban J connectivity index is 2.44. The Labute approximate surface area is 124 Å². The molecular weight excluding hydrogens is 294 g/mol. The first-order valence-corrected chi connectivity index (χ1v) is 8.17. The lowest BCUT2D eigenvalue weighted by molar-refractivity contribution is -0.385. The van der Waals surface area contributed by atoms with Gasteiger partial charge in [-0.2, -0.15) is 4.31 Å². The monoisotopic (exact) mass is 313 g/mol. The summed E-state index contributed by atoms with van der Waals surface area (Å²) in [6, 6.07) is 4.02. The van der Waals surface area contributed by atoms with Crippen LogP contribution in [0, 0.1) is 17.0 Å². The Morgan fingerprint density at radius 3 is 2.38 bits per heavy atom. The van der Waals surface area contributed by atoms with E-state index < -0.39 is 14.9 Å². The highest BCUT2D eigenvalue weighted by molar-refractivity contribution is 7.89. The molecule has 116 valence electrons. The highest BCUT2D eigenvalue weighted by Crippen LogP contribution is 2.26. The number of rotatable bonds is 3. The third kappa shape index (κ3) is 3.22. The minimum absolute atomic E-state index is 0.0120. The second kappa shape index (κ2) is 5.70. The third-order valence-corrected chi connectivity index (χ3v) is 5.50. The average molecular weight is 313 g/mol. The van der Waals surface area contributed by atoms with Gasteiger partial charge in [-0.05, 0) is 26.3 Å². The summed E-state index contributed by atoms with van der Waals surface area (Å²) in [5.41, 5.74) is 0.301. The lowest BCUT2D eigenvalue weighted by Gasteiger charge is -2.35. The van der Waals surface area contributed by atoms with Gasteiger partial charge in [0.15, 0.2) is 0 Å². The van der Waals surface area contributed by atoms with Gasteiger partial charge in [0, 0.05) is 37.3 Å². The minimum Gasteiger partial charge on any atom is -0.309 e. The number of nitro benzene ring substituents is 1. The quantitative estimate of drug-likeness (QED) is 0.670. The zero-order valence-electron chi connectivity index (χ0n) is 12.2. The van der Waals surface area contributed by atoms with E-state index in [0.29, 0.717) is 18.7 Å². The van der Waals surface area contributed by atoms with Crippen molar-refractivity contribution in [3.8, 4) is 0 Å². The second-order valence-electron chi connectivity index (χ2n) is 5.50. The lowest BCUT2D eigenvalue weighted by Crippen LogP contribution is -2.55. The van der Waals surface area contributed by atoms with E-state index in [0.717, 1.165) is 6.07 Å². The number of benzene rings is 1. The summed E-state index contributed by atoms with van der Waals surface area (Å²) in [6.45, 7) is 6.19. The van der Waals surface area contributed by atoms with Gasteiger partial charge in [-0.15, -0.1) is 0 Å². The van der Waals surface area contributed by atoms with Gasteiger partial charge in [0.25, 0.3) is 5.69 Å². The van der Waals surface area contributed by atoms with E-state index in [1.807, 2.05) is 13.8 Å². The van der Waals surface area contributed by atoms with Crippen molar-refractivity contribution in [3.05, 3.63) is 33.9 Å². The summed E-state index contributed by atoms with van der Waals surface area (Å²) in [5.74, 6) is 0. The molecule has 2 atom stereocenters. The summed E-state index contributed by atoms with van der Waals surface area (Å²) in [4.78, 5) is 10.3. The van der Waals surface area contributed by atoms with Crippen LogP contribution in [0.25, 0.3) is 0 Å².